The first kappa shape index (κ1) is 14.6. The van der Waals surface area contributed by atoms with E-state index in [4.69, 9.17) is 22.1 Å². The van der Waals surface area contributed by atoms with Gasteiger partial charge in [-0.3, -0.25) is 4.90 Å². The number of nitrogens with zero attached hydrogens (tertiary/aromatic N) is 1. The van der Waals surface area contributed by atoms with Gasteiger partial charge < -0.3 is 10.5 Å². The molecule has 0 aliphatic carbocycles. The molecule has 1 aliphatic rings. The molecule has 106 valence electrons. The molecular weight excluding hydrogens is 267 g/mol. The summed E-state index contributed by atoms with van der Waals surface area (Å²) in [6, 6.07) is 4.48. The Morgan fingerprint density at radius 2 is 2.32 bits per heavy atom. The molecule has 2 rings (SSSR count). The molecule has 0 bridgehead atoms. The highest BCUT2D eigenvalue weighted by atomic mass is 35.5. The molecule has 1 aromatic rings. The zero-order valence-electron chi connectivity index (χ0n) is 11.1. The number of likely N-dealkylation sites (tertiary alicyclic amines) is 1. The van der Waals surface area contributed by atoms with Gasteiger partial charge in [0.15, 0.2) is 0 Å². The summed E-state index contributed by atoms with van der Waals surface area (Å²) >= 11 is 5.90. The van der Waals surface area contributed by atoms with Crippen LogP contribution in [0.4, 0.5) is 4.39 Å². The van der Waals surface area contributed by atoms with Crippen molar-refractivity contribution < 1.29 is 9.13 Å². The van der Waals surface area contributed by atoms with Crippen LogP contribution in [-0.4, -0.2) is 37.2 Å². The summed E-state index contributed by atoms with van der Waals surface area (Å²) in [4.78, 5) is 2.34. The van der Waals surface area contributed by atoms with Crippen LogP contribution >= 0.6 is 11.6 Å². The van der Waals surface area contributed by atoms with E-state index < -0.39 is 0 Å². The van der Waals surface area contributed by atoms with Gasteiger partial charge in [-0.2, -0.15) is 0 Å². The van der Waals surface area contributed by atoms with E-state index in [2.05, 4.69) is 11.8 Å². The molecule has 0 saturated carbocycles. The lowest BCUT2D eigenvalue weighted by atomic mass is 9.95. The van der Waals surface area contributed by atoms with Crippen molar-refractivity contribution in [3.63, 3.8) is 0 Å². The van der Waals surface area contributed by atoms with Crippen molar-refractivity contribution in [3.05, 3.63) is 29.0 Å². The predicted octanol–water partition coefficient (Wildman–Crippen LogP) is 2.53. The third kappa shape index (κ3) is 4.06. The Kier molecular flexibility index (Phi) is 5.02. The smallest absolute Gasteiger partial charge is 0.138 e. The molecule has 0 radical (unpaired) electrons. The largest absolute Gasteiger partial charge is 0.491 e. The van der Waals surface area contributed by atoms with Gasteiger partial charge in [-0.15, -0.1) is 0 Å². The third-order valence-corrected chi connectivity index (χ3v) is 3.91. The van der Waals surface area contributed by atoms with Crippen molar-refractivity contribution in [3.8, 4) is 5.75 Å². The molecule has 1 saturated heterocycles. The number of ether oxygens (including phenoxy) is 1. The van der Waals surface area contributed by atoms with E-state index in [1.165, 1.54) is 12.1 Å². The van der Waals surface area contributed by atoms with Gasteiger partial charge in [0.25, 0.3) is 0 Å². The van der Waals surface area contributed by atoms with Crippen molar-refractivity contribution in [2.75, 3.05) is 26.2 Å². The molecule has 1 aliphatic heterocycles. The van der Waals surface area contributed by atoms with Crippen LogP contribution in [0.25, 0.3) is 0 Å². The number of hydrogen-bond donors (Lipinski definition) is 1. The summed E-state index contributed by atoms with van der Waals surface area (Å²) in [5.74, 6) is 0.698. The van der Waals surface area contributed by atoms with Crippen molar-refractivity contribution in [2.24, 2.45) is 11.7 Å². The normalized spacial score (nSPS) is 24.4. The fourth-order valence-corrected chi connectivity index (χ4v) is 2.55. The first-order valence-electron chi connectivity index (χ1n) is 6.62. The maximum Gasteiger partial charge on any atom is 0.138 e. The predicted molar refractivity (Wildman–Crippen MR) is 75.1 cm³/mol. The van der Waals surface area contributed by atoms with E-state index >= 15 is 0 Å². The second-order valence-corrected chi connectivity index (χ2v) is 5.56. The zero-order chi connectivity index (χ0) is 13.8. The van der Waals surface area contributed by atoms with Crippen LogP contribution < -0.4 is 10.5 Å². The van der Waals surface area contributed by atoms with Gasteiger partial charge in [-0.05, 0) is 37.1 Å². The highest BCUT2D eigenvalue weighted by molar-refractivity contribution is 6.32. The third-order valence-electron chi connectivity index (χ3n) is 3.61. The molecule has 0 amide bonds. The SMILES string of the molecule is CC1CN(CCOc2ccc(F)cc2Cl)CCC1N. The van der Waals surface area contributed by atoms with E-state index in [9.17, 15) is 4.39 Å². The highest BCUT2D eigenvalue weighted by Crippen LogP contribution is 2.24. The summed E-state index contributed by atoms with van der Waals surface area (Å²) in [6.07, 6.45) is 1.03. The molecule has 0 spiro atoms. The van der Waals surface area contributed by atoms with E-state index in [0.29, 0.717) is 29.3 Å². The minimum Gasteiger partial charge on any atom is -0.491 e. The number of halogens is 2. The lowest BCUT2D eigenvalue weighted by Crippen LogP contribution is -2.46. The Bertz CT molecular complexity index is 430. The fraction of sp³-hybridized carbons (Fsp3) is 0.571. The summed E-state index contributed by atoms with van der Waals surface area (Å²) in [6.45, 7) is 5.57. The Hall–Kier alpha value is -0.840. The molecule has 5 heteroatoms. The van der Waals surface area contributed by atoms with Gasteiger partial charge in [-0.25, -0.2) is 4.39 Å². The number of rotatable bonds is 4. The minimum absolute atomic E-state index is 0.309. The van der Waals surface area contributed by atoms with Crippen LogP contribution in [0.5, 0.6) is 5.75 Å². The summed E-state index contributed by atoms with van der Waals surface area (Å²) < 4.78 is 18.5. The van der Waals surface area contributed by atoms with E-state index in [1.54, 1.807) is 6.07 Å². The molecule has 2 N–H and O–H groups in total. The monoisotopic (exact) mass is 286 g/mol. The first-order valence-corrected chi connectivity index (χ1v) is 7.00. The van der Waals surface area contributed by atoms with Crippen molar-refractivity contribution >= 4 is 11.6 Å². The molecule has 2 atom stereocenters. The fourth-order valence-electron chi connectivity index (χ4n) is 2.33. The van der Waals surface area contributed by atoms with Crippen molar-refractivity contribution in [1.29, 1.82) is 0 Å². The summed E-state index contributed by atoms with van der Waals surface area (Å²) in [7, 11) is 0. The quantitative estimate of drug-likeness (QED) is 0.924. The molecule has 0 aromatic heterocycles. The molecule has 1 aromatic carbocycles. The molecule has 1 fully saturated rings. The molecular formula is C14H20ClFN2O. The van der Waals surface area contributed by atoms with Crippen molar-refractivity contribution in [1.82, 2.24) is 4.90 Å². The van der Waals surface area contributed by atoms with E-state index in [0.717, 1.165) is 26.1 Å². The maximum atomic E-state index is 12.9. The average Bonchev–Trinajstić information content (AvgIpc) is 2.36. The number of nitrogens with two attached hydrogens (primary N) is 1. The molecule has 2 unspecified atom stereocenters. The Morgan fingerprint density at radius 1 is 1.53 bits per heavy atom. The maximum absolute atomic E-state index is 12.9. The van der Waals surface area contributed by atoms with Crippen LogP contribution in [0.15, 0.2) is 18.2 Å². The zero-order valence-corrected chi connectivity index (χ0v) is 11.9. The minimum atomic E-state index is -0.351. The Balaban J connectivity index is 1.77. The van der Waals surface area contributed by atoms with Crippen LogP contribution in [-0.2, 0) is 0 Å². The molecule has 1 heterocycles. The number of hydrogen-bond acceptors (Lipinski definition) is 3. The van der Waals surface area contributed by atoms with E-state index in [1.807, 2.05) is 0 Å². The van der Waals surface area contributed by atoms with Gasteiger partial charge in [0.1, 0.15) is 18.2 Å². The van der Waals surface area contributed by atoms with Crippen LogP contribution in [0.1, 0.15) is 13.3 Å². The van der Waals surface area contributed by atoms with Crippen LogP contribution in [0, 0.1) is 11.7 Å². The van der Waals surface area contributed by atoms with Crippen molar-refractivity contribution in [2.45, 2.75) is 19.4 Å². The number of benzene rings is 1. The lowest BCUT2D eigenvalue weighted by molar-refractivity contribution is 0.140. The second kappa shape index (κ2) is 6.55. The Morgan fingerprint density at radius 3 is 3.00 bits per heavy atom. The van der Waals surface area contributed by atoms with Gasteiger partial charge in [0, 0.05) is 19.1 Å². The molecule has 3 nitrogen and oxygen atoms in total. The van der Waals surface area contributed by atoms with E-state index in [-0.39, 0.29) is 5.82 Å². The highest BCUT2D eigenvalue weighted by Gasteiger charge is 2.22. The summed E-state index contributed by atoms with van der Waals surface area (Å²) in [5.41, 5.74) is 5.98. The van der Waals surface area contributed by atoms with Crippen LogP contribution in [0.2, 0.25) is 5.02 Å². The first-order chi connectivity index (χ1) is 9.06. The second-order valence-electron chi connectivity index (χ2n) is 5.15. The topological polar surface area (TPSA) is 38.5 Å². The average molecular weight is 287 g/mol. The van der Waals surface area contributed by atoms with Gasteiger partial charge >= 0.3 is 0 Å². The Labute approximate surface area is 118 Å². The standard InChI is InChI=1S/C14H20ClFN2O/c1-10-9-18(5-4-13(10)17)6-7-19-14-3-2-11(16)8-12(14)15/h2-3,8,10,13H,4-7,9,17H2,1H3. The van der Waals surface area contributed by atoms with Gasteiger partial charge in [0.05, 0.1) is 5.02 Å². The van der Waals surface area contributed by atoms with Gasteiger partial charge in [-0.1, -0.05) is 18.5 Å². The molecule has 19 heavy (non-hydrogen) atoms. The number of piperidine rings is 1. The van der Waals surface area contributed by atoms with Gasteiger partial charge in [0.2, 0.25) is 0 Å². The summed E-state index contributed by atoms with van der Waals surface area (Å²) in [5, 5.41) is 0.314. The lowest BCUT2D eigenvalue weighted by Gasteiger charge is -2.34. The van der Waals surface area contributed by atoms with Crippen LogP contribution in [0.3, 0.4) is 0 Å².